The van der Waals surface area contributed by atoms with E-state index in [1.54, 1.807) is 0 Å². The summed E-state index contributed by atoms with van der Waals surface area (Å²) in [5.41, 5.74) is 2.60. The molecule has 3 rings (SSSR count). The van der Waals surface area contributed by atoms with Crippen LogP contribution < -0.4 is 0 Å². The molecule has 0 fully saturated rings. The van der Waals surface area contributed by atoms with Gasteiger partial charge in [-0.05, 0) is 12.1 Å². The lowest BCUT2D eigenvalue weighted by Crippen LogP contribution is -1.84. The van der Waals surface area contributed by atoms with Crippen molar-refractivity contribution in [2.75, 3.05) is 0 Å². The van der Waals surface area contributed by atoms with Crippen molar-refractivity contribution >= 4 is 21.8 Å². The average molecular weight is 255 g/mol. The van der Waals surface area contributed by atoms with Gasteiger partial charge in [0.1, 0.15) is 0 Å². The molecule has 1 nitrogen and oxygen atoms in total. The van der Waals surface area contributed by atoms with Crippen LogP contribution in [0.2, 0.25) is 0 Å². The molecule has 1 heterocycles. The Balaban J connectivity index is 0.000000321. The van der Waals surface area contributed by atoms with Crippen molar-refractivity contribution < 1.29 is 0 Å². The van der Waals surface area contributed by atoms with Gasteiger partial charge in [-0.3, -0.25) is 0 Å². The van der Waals surface area contributed by atoms with E-state index in [2.05, 4.69) is 74.0 Å². The summed E-state index contributed by atoms with van der Waals surface area (Å²) in [6, 6.07) is 17.0. The molecule has 0 amide bonds. The molecule has 0 aliphatic heterocycles. The number of rotatable bonds is 0. The second-order valence-electron chi connectivity index (χ2n) is 4.30. The van der Waals surface area contributed by atoms with E-state index in [0.29, 0.717) is 0 Å². The first-order valence-electron chi connectivity index (χ1n) is 7.21. The number of nitrogens with zero attached hydrogens (tertiary/aromatic N) is 1. The molecule has 0 N–H and O–H groups in total. The monoisotopic (exact) mass is 255 g/mol. The van der Waals surface area contributed by atoms with E-state index >= 15 is 0 Å². The Kier molecular flexibility index (Phi) is 6.14. The van der Waals surface area contributed by atoms with Crippen LogP contribution in [0.3, 0.4) is 0 Å². The first kappa shape index (κ1) is 15.3. The topological polar surface area (TPSA) is 4.93 Å². The molecule has 0 unspecified atom stereocenters. The Bertz CT molecular complexity index is 566. The Morgan fingerprint density at radius 3 is 1.42 bits per heavy atom. The van der Waals surface area contributed by atoms with Gasteiger partial charge in [0.2, 0.25) is 0 Å². The SMILES string of the molecule is CC.CCC.Cn1c2ccccc2c2ccccc21. The minimum atomic E-state index is 1.25. The van der Waals surface area contributed by atoms with Gasteiger partial charge in [-0.25, -0.2) is 0 Å². The van der Waals surface area contributed by atoms with E-state index < -0.39 is 0 Å². The summed E-state index contributed by atoms with van der Waals surface area (Å²) in [6.07, 6.45) is 1.25. The fraction of sp³-hybridized carbons (Fsp3) is 0.333. The van der Waals surface area contributed by atoms with Crippen molar-refractivity contribution in [2.24, 2.45) is 7.05 Å². The lowest BCUT2D eigenvalue weighted by atomic mass is 10.2. The fourth-order valence-electron chi connectivity index (χ4n) is 2.12. The van der Waals surface area contributed by atoms with E-state index in [4.69, 9.17) is 0 Å². The van der Waals surface area contributed by atoms with Crippen LogP contribution in [-0.2, 0) is 7.05 Å². The van der Waals surface area contributed by atoms with Crippen molar-refractivity contribution in [3.8, 4) is 0 Å². The van der Waals surface area contributed by atoms with Crippen LogP contribution in [0.4, 0.5) is 0 Å². The zero-order chi connectivity index (χ0) is 14.3. The minimum absolute atomic E-state index is 1.25. The maximum absolute atomic E-state index is 2.24. The summed E-state index contributed by atoms with van der Waals surface area (Å²) in [5.74, 6) is 0. The van der Waals surface area contributed by atoms with E-state index in [-0.39, 0.29) is 0 Å². The van der Waals surface area contributed by atoms with Gasteiger partial charge < -0.3 is 4.57 Å². The number of benzene rings is 2. The Morgan fingerprint density at radius 2 is 1.05 bits per heavy atom. The number of para-hydroxylation sites is 2. The molecule has 19 heavy (non-hydrogen) atoms. The van der Waals surface area contributed by atoms with Crippen LogP contribution in [0.1, 0.15) is 34.1 Å². The highest BCUT2D eigenvalue weighted by Crippen LogP contribution is 2.26. The maximum Gasteiger partial charge on any atom is 0.0488 e. The second kappa shape index (κ2) is 7.63. The van der Waals surface area contributed by atoms with Crippen molar-refractivity contribution in [2.45, 2.75) is 34.1 Å². The van der Waals surface area contributed by atoms with E-state index in [9.17, 15) is 0 Å². The third-order valence-corrected chi connectivity index (χ3v) is 2.82. The predicted molar refractivity (Wildman–Crippen MR) is 87.7 cm³/mol. The maximum atomic E-state index is 2.24. The van der Waals surface area contributed by atoms with Crippen LogP contribution in [-0.4, -0.2) is 4.57 Å². The first-order chi connectivity index (χ1) is 9.29. The highest BCUT2D eigenvalue weighted by molar-refractivity contribution is 6.07. The highest BCUT2D eigenvalue weighted by Gasteiger charge is 2.04. The molecule has 2 aromatic carbocycles. The largest absolute Gasteiger partial charge is 0.344 e. The molecule has 3 aromatic rings. The lowest BCUT2D eigenvalue weighted by molar-refractivity contribution is 1.01. The van der Waals surface area contributed by atoms with Crippen molar-refractivity contribution in [1.82, 2.24) is 4.57 Å². The van der Waals surface area contributed by atoms with Gasteiger partial charge >= 0.3 is 0 Å². The smallest absolute Gasteiger partial charge is 0.0488 e. The van der Waals surface area contributed by atoms with E-state index in [1.165, 1.54) is 28.2 Å². The summed E-state index contributed by atoms with van der Waals surface area (Å²) in [4.78, 5) is 0. The first-order valence-corrected chi connectivity index (χ1v) is 7.21. The fourth-order valence-corrected chi connectivity index (χ4v) is 2.12. The van der Waals surface area contributed by atoms with Crippen LogP contribution in [0.25, 0.3) is 21.8 Å². The summed E-state index contributed by atoms with van der Waals surface area (Å²) < 4.78 is 2.24. The molecule has 0 atom stereocenters. The zero-order valence-electron chi connectivity index (χ0n) is 12.8. The molecule has 1 heteroatoms. The predicted octanol–water partition coefficient (Wildman–Crippen LogP) is 5.77. The minimum Gasteiger partial charge on any atom is -0.344 e. The van der Waals surface area contributed by atoms with Crippen molar-refractivity contribution in [3.05, 3.63) is 48.5 Å². The number of fused-ring (bicyclic) bond motifs is 3. The molecule has 0 saturated heterocycles. The number of aromatic nitrogens is 1. The zero-order valence-corrected chi connectivity index (χ0v) is 12.8. The van der Waals surface area contributed by atoms with Crippen molar-refractivity contribution in [1.29, 1.82) is 0 Å². The average Bonchev–Trinajstić information content (AvgIpc) is 2.77. The molecule has 0 saturated carbocycles. The van der Waals surface area contributed by atoms with Crippen LogP contribution >= 0.6 is 0 Å². The molecule has 102 valence electrons. The van der Waals surface area contributed by atoms with Gasteiger partial charge in [-0.2, -0.15) is 0 Å². The van der Waals surface area contributed by atoms with E-state index in [0.717, 1.165) is 0 Å². The van der Waals surface area contributed by atoms with Gasteiger partial charge in [0.25, 0.3) is 0 Å². The molecule has 0 bridgehead atoms. The number of hydrogen-bond donors (Lipinski definition) is 0. The molecule has 1 aromatic heterocycles. The quantitative estimate of drug-likeness (QED) is 0.480. The summed E-state index contributed by atoms with van der Waals surface area (Å²) >= 11 is 0. The molecular weight excluding hydrogens is 230 g/mol. The molecule has 0 spiro atoms. The summed E-state index contributed by atoms with van der Waals surface area (Å²) in [7, 11) is 2.12. The van der Waals surface area contributed by atoms with Gasteiger partial charge in [-0.1, -0.05) is 70.5 Å². The van der Waals surface area contributed by atoms with Crippen molar-refractivity contribution in [3.63, 3.8) is 0 Å². The highest BCUT2D eigenvalue weighted by atomic mass is 14.9. The molecule has 0 aliphatic carbocycles. The molecule has 0 radical (unpaired) electrons. The number of aryl methyl sites for hydroxylation is 1. The lowest BCUT2D eigenvalue weighted by Gasteiger charge is -1.95. The van der Waals surface area contributed by atoms with E-state index in [1.807, 2.05) is 13.8 Å². The Labute approximate surface area is 116 Å². The van der Waals surface area contributed by atoms with Gasteiger partial charge in [0, 0.05) is 28.9 Å². The van der Waals surface area contributed by atoms with Crippen LogP contribution in [0.5, 0.6) is 0 Å². The summed E-state index contributed by atoms with van der Waals surface area (Å²) in [5, 5.41) is 2.68. The summed E-state index contributed by atoms with van der Waals surface area (Å²) in [6.45, 7) is 8.25. The van der Waals surface area contributed by atoms with Crippen LogP contribution in [0, 0.1) is 0 Å². The number of hydrogen-bond acceptors (Lipinski definition) is 0. The van der Waals surface area contributed by atoms with Gasteiger partial charge in [-0.15, -0.1) is 0 Å². The molecule has 0 aliphatic rings. The van der Waals surface area contributed by atoms with Gasteiger partial charge in [0.05, 0.1) is 0 Å². The Hall–Kier alpha value is -1.76. The Morgan fingerprint density at radius 1 is 0.737 bits per heavy atom. The standard InChI is InChI=1S/C13H11N.C3H8.C2H6/c1-14-12-8-4-2-6-10(12)11-7-3-5-9-13(11)14;1-3-2;1-2/h2-9H,1H3;3H2,1-2H3;1-2H3. The third-order valence-electron chi connectivity index (χ3n) is 2.82. The molecular formula is C18H25N. The normalized spacial score (nSPS) is 9.53. The second-order valence-corrected chi connectivity index (χ2v) is 4.30. The van der Waals surface area contributed by atoms with Crippen LogP contribution in [0.15, 0.2) is 48.5 Å². The van der Waals surface area contributed by atoms with Gasteiger partial charge in [0.15, 0.2) is 0 Å². The third kappa shape index (κ3) is 3.17.